The topological polar surface area (TPSA) is 9.23 Å². The fraction of sp³-hybridized carbons (Fsp3) is 0.182. The van der Waals surface area contributed by atoms with Gasteiger partial charge in [-0.2, -0.15) is 0 Å². The van der Waals surface area contributed by atoms with Crippen molar-refractivity contribution in [3.8, 4) is 5.75 Å². The van der Waals surface area contributed by atoms with Gasteiger partial charge < -0.3 is 4.74 Å². The minimum Gasteiger partial charge on any atom is -0.497 e. The Kier molecular flexibility index (Phi) is 5.31. The Labute approximate surface area is 150 Å². The van der Waals surface area contributed by atoms with E-state index in [0.717, 1.165) is 6.42 Å². The molecular formula is C22H19F3O. The van der Waals surface area contributed by atoms with Crippen LogP contribution in [0.1, 0.15) is 30.0 Å². The Bertz CT molecular complexity index is 959. The van der Waals surface area contributed by atoms with Crippen molar-refractivity contribution < 1.29 is 17.9 Å². The fourth-order valence-corrected chi connectivity index (χ4v) is 2.93. The Morgan fingerprint density at radius 2 is 1.54 bits per heavy atom. The van der Waals surface area contributed by atoms with E-state index in [-0.39, 0.29) is 16.9 Å². The van der Waals surface area contributed by atoms with Crippen molar-refractivity contribution >= 4 is 22.4 Å². The number of benzene rings is 3. The summed E-state index contributed by atoms with van der Waals surface area (Å²) in [4.78, 5) is 0. The quantitative estimate of drug-likeness (QED) is 0.462. The first-order valence-electron chi connectivity index (χ1n) is 8.46. The predicted octanol–water partition coefficient (Wildman–Crippen LogP) is 6.70. The summed E-state index contributed by atoms with van der Waals surface area (Å²) in [6.45, 7) is 1.98. The highest BCUT2D eigenvalue weighted by Crippen LogP contribution is 2.32. The highest BCUT2D eigenvalue weighted by molar-refractivity contribution is 5.90. The monoisotopic (exact) mass is 356 g/mol. The van der Waals surface area contributed by atoms with Crippen molar-refractivity contribution in [3.63, 3.8) is 0 Å². The largest absolute Gasteiger partial charge is 0.497 e. The summed E-state index contributed by atoms with van der Waals surface area (Å²) in [6.07, 6.45) is 1.48. The zero-order valence-electron chi connectivity index (χ0n) is 14.7. The lowest BCUT2D eigenvalue weighted by Gasteiger charge is -2.08. The van der Waals surface area contributed by atoms with Gasteiger partial charge in [-0.25, -0.2) is 13.2 Å². The first kappa shape index (κ1) is 18.1. The molecule has 0 unspecified atom stereocenters. The predicted molar refractivity (Wildman–Crippen MR) is 99.9 cm³/mol. The van der Waals surface area contributed by atoms with Crippen LogP contribution in [0.2, 0.25) is 0 Å². The maximum atomic E-state index is 14.6. The zero-order valence-corrected chi connectivity index (χ0v) is 14.7. The van der Waals surface area contributed by atoms with Crippen LogP contribution in [0.5, 0.6) is 5.75 Å². The van der Waals surface area contributed by atoms with Gasteiger partial charge in [0.05, 0.1) is 7.11 Å². The minimum atomic E-state index is -0.977. The summed E-state index contributed by atoms with van der Waals surface area (Å²) >= 11 is 0. The molecule has 134 valence electrons. The molecule has 3 aromatic carbocycles. The second-order valence-electron chi connectivity index (χ2n) is 6.08. The van der Waals surface area contributed by atoms with Crippen LogP contribution in [0.4, 0.5) is 13.2 Å². The molecule has 0 amide bonds. The van der Waals surface area contributed by atoms with E-state index in [0.29, 0.717) is 28.5 Å². The zero-order chi connectivity index (χ0) is 18.7. The third kappa shape index (κ3) is 3.45. The molecule has 0 aliphatic carbocycles. The number of fused-ring (bicyclic) bond motifs is 1. The molecular weight excluding hydrogens is 337 g/mol. The molecule has 0 aromatic heterocycles. The number of aryl methyl sites for hydroxylation is 1. The summed E-state index contributed by atoms with van der Waals surface area (Å²) in [5.74, 6) is -1.67. The van der Waals surface area contributed by atoms with E-state index in [1.54, 1.807) is 24.3 Å². The molecule has 0 aliphatic heterocycles. The molecule has 0 N–H and O–H groups in total. The van der Waals surface area contributed by atoms with E-state index in [1.165, 1.54) is 37.4 Å². The molecule has 0 fully saturated rings. The third-order valence-electron chi connectivity index (χ3n) is 4.34. The smallest absolute Gasteiger partial charge is 0.166 e. The van der Waals surface area contributed by atoms with Crippen molar-refractivity contribution in [1.82, 2.24) is 0 Å². The van der Waals surface area contributed by atoms with E-state index in [2.05, 4.69) is 0 Å². The summed E-state index contributed by atoms with van der Waals surface area (Å²) < 4.78 is 48.6. The number of hydrogen-bond acceptors (Lipinski definition) is 1. The van der Waals surface area contributed by atoms with E-state index >= 15 is 0 Å². The van der Waals surface area contributed by atoms with Gasteiger partial charge in [0.25, 0.3) is 0 Å². The molecule has 0 atom stereocenters. The summed E-state index contributed by atoms with van der Waals surface area (Å²) in [6, 6.07) is 13.8. The molecule has 0 heterocycles. The van der Waals surface area contributed by atoms with Crippen LogP contribution in [0.3, 0.4) is 0 Å². The van der Waals surface area contributed by atoms with Crippen LogP contribution in [0.25, 0.3) is 22.4 Å². The Morgan fingerprint density at radius 1 is 0.885 bits per heavy atom. The SMILES string of the molecule is CCCc1ccc2cc(C(F)=C(F)c3ccc(OC)cc3)ccc2c1F. The molecule has 0 spiro atoms. The van der Waals surface area contributed by atoms with E-state index in [1.807, 2.05) is 6.92 Å². The molecule has 26 heavy (non-hydrogen) atoms. The number of rotatable bonds is 5. The first-order valence-corrected chi connectivity index (χ1v) is 8.46. The average Bonchev–Trinajstić information content (AvgIpc) is 2.69. The Morgan fingerprint density at radius 3 is 2.19 bits per heavy atom. The lowest BCUT2D eigenvalue weighted by molar-refractivity contribution is 0.414. The third-order valence-corrected chi connectivity index (χ3v) is 4.34. The number of ether oxygens (including phenoxy) is 1. The van der Waals surface area contributed by atoms with Crippen molar-refractivity contribution in [2.24, 2.45) is 0 Å². The standard InChI is InChI=1S/C22H19F3O/c1-3-4-14-5-6-16-13-17(9-12-19(16)20(14)23)22(25)21(24)15-7-10-18(26-2)11-8-15/h5-13H,3-4H2,1-2H3. The first-order chi connectivity index (χ1) is 12.5. The van der Waals surface area contributed by atoms with Crippen molar-refractivity contribution in [2.75, 3.05) is 7.11 Å². The van der Waals surface area contributed by atoms with E-state index in [4.69, 9.17) is 4.74 Å². The molecule has 3 rings (SSSR count). The second kappa shape index (κ2) is 7.65. The number of hydrogen-bond donors (Lipinski definition) is 0. The van der Waals surface area contributed by atoms with E-state index < -0.39 is 11.7 Å². The summed E-state index contributed by atoms with van der Waals surface area (Å²) in [7, 11) is 1.50. The highest BCUT2D eigenvalue weighted by atomic mass is 19.2. The molecule has 4 heteroatoms. The van der Waals surface area contributed by atoms with Gasteiger partial charge in [-0.05, 0) is 47.7 Å². The Hall–Kier alpha value is -2.75. The van der Waals surface area contributed by atoms with Crippen LogP contribution in [0.15, 0.2) is 54.6 Å². The maximum absolute atomic E-state index is 14.6. The van der Waals surface area contributed by atoms with Gasteiger partial charge in [0.1, 0.15) is 11.6 Å². The van der Waals surface area contributed by atoms with Crippen LogP contribution in [0, 0.1) is 5.82 Å². The number of halogens is 3. The molecule has 0 saturated heterocycles. The summed E-state index contributed by atoms with van der Waals surface area (Å²) in [5, 5.41) is 0.954. The van der Waals surface area contributed by atoms with E-state index in [9.17, 15) is 13.2 Å². The Balaban J connectivity index is 2.01. The van der Waals surface area contributed by atoms with Gasteiger partial charge in [-0.1, -0.05) is 37.6 Å². The fourth-order valence-electron chi connectivity index (χ4n) is 2.93. The highest BCUT2D eigenvalue weighted by Gasteiger charge is 2.14. The van der Waals surface area contributed by atoms with Gasteiger partial charge >= 0.3 is 0 Å². The molecule has 0 bridgehead atoms. The van der Waals surface area contributed by atoms with Gasteiger partial charge in [0.2, 0.25) is 0 Å². The molecule has 0 radical (unpaired) electrons. The number of methoxy groups -OCH3 is 1. The molecule has 1 nitrogen and oxygen atoms in total. The van der Waals surface area contributed by atoms with Crippen LogP contribution in [-0.2, 0) is 6.42 Å². The lowest BCUT2D eigenvalue weighted by atomic mass is 10.00. The van der Waals surface area contributed by atoms with Gasteiger partial charge in [0.15, 0.2) is 11.7 Å². The minimum absolute atomic E-state index is 0.0773. The van der Waals surface area contributed by atoms with Crippen LogP contribution < -0.4 is 4.74 Å². The second-order valence-corrected chi connectivity index (χ2v) is 6.08. The van der Waals surface area contributed by atoms with Crippen molar-refractivity contribution in [2.45, 2.75) is 19.8 Å². The lowest BCUT2D eigenvalue weighted by Crippen LogP contribution is -1.92. The molecule has 0 saturated carbocycles. The average molecular weight is 356 g/mol. The molecule has 3 aromatic rings. The van der Waals surface area contributed by atoms with Gasteiger partial charge in [-0.3, -0.25) is 0 Å². The molecule has 0 aliphatic rings. The van der Waals surface area contributed by atoms with Crippen molar-refractivity contribution in [1.29, 1.82) is 0 Å². The van der Waals surface area contributed by atoms with Gasteiger partial charge in [0, 0.05) is 16.5 Å². The summed E-state index contributed by atoms with van der Waals surface area (Å²) in [5.41, 5.74) is 0.828. The van der Waals surface area contributed by atoms with Gasteiger partial charge in [-0.15, -0.1) is 0 Å². The van der Waals surface area contributed by atoms with Crippen molar-refractivity contribution in [3.05, 3.63) is 77.1 Å². The maximum Gasteiger partial charge on any atom is 0.166 e. The van der Waals surface area contributed by atoms with Crippen LogP contribution in [-0.4, -0.2) is 7.11 Å². The van der Waals surface area contributed by atoms with Crippen LogP contribution >= 0.6 is 0 Å². The normalized spacial score (nSPS) is 12.2.